The van der Waals surface area contributed by atoms with Crippen LogP contribution in [0.5, 0.6) is 5.88 Å². The van der Waals surface area contributed by atoms with Crippen molar-refractivity contribution in [3.63, 3.8) is 0 Å². The molecule has 1 amide bonds. The van der Waals surface area contributed by atoms with Crippen LogP contribution >= 0.6 is 0 Å². The molecule has 0 aromatic carbocycles. The van der Waals surface area contributed by atoms with Gasteiger partial charge in [0.2, 0.25) is 5.88 Å². The Balaban J connectivity index is 1.13. The number of aromatic nitrogens is 4. The van der Waals surface area contributed by atoms with Gasteiger partial charge in [-0.3, -0.25) is 4.79 Å². The number of anilines is 3. The van der Waals surface area contributed by atoms with Crippen molar-refractivity contribution in [1.29, 1.82) is 0 Å². The van der Waals surface area contributed by atoms with E-state index in [0.717, 1.165) is 30.2 Å². The molecule has 9 heteroatoms. The van der Waals surface area contributed by atoms with Crippen LogP contribution in [-0.2, 0) is 0 Å². The normalized spacial score (nSPS) is 16.5. The zero-order chi connectivity index (χ0) is 23.3. The van der Waals surface area contributed by atoms with Gasteiger partial charge in [0.15, 0.2) is 11.6 Å². The minimum atomic E-state index is -0.00384. The van der Waals surface area contributed by atoms with Crippen molar-refractivity contribution in [1.82, 2.24) is 25.1 Å². The summed E-state index contributed by atoms with van der Waals surface area (Å²) in [5.41, 5.74) is 1.53. The Morgan fingerprint density at radius 1 is 0.971 bits per heavy atom. The van der Waals surface area contributed by atoms with Crippen LogP contribution < -0.4 is 15.0 Å². The Morgan fingerprint density at radius 2 is 1.79 bits per heavy atom. The predicted octanol–water partition coefficient (Wildman–Crippen LogP) is 3.60. The maximum Gasteiger partial charge on any atom is 0.255 e. The lowest BCUT2D eigenvalue weighted by molar-refractivity contribution is 0.0746. The van der Waals surface area contributed by atoms with Crippen LogP contribution in [0.1, 0.15) is 41.7 Å². The summed E-state index contributed by atoms with van der Waals surface area (Å²) >= 11 is 0. The van der Waals surface area contributed by atoms with E-state index in [1.165, 1.54) is 12.8 Å². The number of carbonyl (C=O) groups excluding carboxylic acids is 1. The number of hydrogen-bond acceptors (Lipinski definition) is 8. The minimum absolute atomic E-state index is 0.00384. The zero-order valence-electron chi connectivity index (χ0n) is 19.4. The van der Waals surface area contributed by atoms with E-state index in [0.29, 0.717) is 43.4 Å². The number of piperazine rings is 1. The Morgan fingerprint density at radius 3 is 2.47 bits per heavy atom. The second-order valence-electron chi connectivity index (χ2n) is 8.75. The van der Waals surface area contributed by atoms with Crippen LogP contribution in [0.2, 0.25) is 0 Å². The van der Waals surface area contributed by atoms with Crippen LogP contribution in [0, 0.1) is 6.92 Å². The zero-order valence-corrected chi connectivity index (χ0v) is 19.4. The van der Waals surface area contributed by atoms with Gasteiger partial charge >= 0.3 is 0 Å². The third kappa shape index (κ3) is 5.24. The van der Waals surface area contributed by atoms with Gasteiger partial charge in [-0.05, 0) is 62.9 Å². The summed E-state index contributed by atoms with van der Waals surface area (Å²) in [6.07, 6.45) is 6.48. The van der Waals surface area contributed by atoms with E-state index >= 15 is 0 Å². The fourth-order valence-corrected chi connectivity index (χ4v) is 4.38. The van der Waals surface area contributed by atoms with Crippen molar-refractivity contribution in [2.75, 3.05) is 36.4 Å². The standard InChI is InChI=1S/C25H29N7O2/c1-18-5-4-8-21(27-18)28-22-10-11-23(30-29-22)31-13-15-32(16-14-31)25(33)19-9-12-24(26-17-19)34-20-6-2-3-7-20/h4-5,8-12,17,20H,2-3,6-7,13-16H2,1H3,(H,27,28,29). The molecule has 1 N–H and O–H groups in total. The predicted molar refractivity (Wildman–Crippen MR) is 130 cm³/mol. The molecule has 2 aliphatic rings. The Kier molecular flexibility index (Phi) is 6.51. The highest BCUT2D eigenvalue weighted by Crippen LogP contribution is 2.23. The molecule has 0 atom stereocenters. The number of nitrogens with one attached hydrogen (secondary N) is 1. The topological polar surface area (TPSA) is 96.4 Å². The Bertz CT molecular complexity index is 1110. The monoisotopic (exact) mass is 459 g/mol. The summed E-state index contributed by atoms with van der Waals surface area (Å²) in [5, 5.41) is 11.8. The highest BCUT2D eigenvalue weighted by atomic mass is 16.5. The first-order valence-electron chi connectivity index (χ1n) is 11.9. The summed E-state index contributed by atoms with van der Waals surface area (Å²) in [7, 11) is 0. The molecule has 1 aliphatic carbocycles. The van der Waals surface area contributed by atoms with Crippen LogP contribution in [0.15, 0.2) is 48.7 Å². The summed E-state index contributed by atoms with van der Waals surface area (Å²) in [6.45, 7) is 4.58. The Hall–Kier alpha value is -3.75. The van der Waals surface area contributed by atoms with E-state index in [2.05, 4.69) is 30.4 Å². The van der Waals surface area contributed by atoms with Crippen molar-refractivity contribution in [3.05, 3.63) is 59.9 Å². The SMILES string of the molecule is Cc1cccc(Nc2ccc(N3CCN(C(=O)c4ccc(OC5CCCC5)nc4)CC3)nn2)n1. The Labute approximate surface area is 199 Å². The van der Waals surface area contributed by atoms with E-state index in [4.69, 9.17) is 4.74 Å². The van der Waals surface area contributed by atoms with Crippen LogP contribution in [-0.4, -0.2) is 63.3 Å². The molecule has 176 valence electrons. The molecular weight excluding hydrogens is 430 g/mol. The van der Waals surface area contributed by atoms with Gasteiger partial charge in [-0.15, -0.1) is 10.2 Å². The van der Waals surface area contributed by atoms with Crippen molar-refractivity contribution >= 4 is 23.4 Å². The van der Waals surface area contributed by atoms with Gasteiger partial charge in [-0.25, -0.2) is 9.97 Å². The van der Waals surface area contributed by atoms with Gasteiger partial charge in [0, 0.05) is 44.1 Å². The van der Waals surface area contributed by atoms with Crippen molar-refractivity contribution in [2.24, 2.45) is 0 Å². The van der Waals surface area contributed by atoms with E-state index in [9.17, 15) is 4.79 Å². The van der Waals surface area contributed by atoms with Crippen molar-refractivity contribution in [3.8, 4) is 5.88 Å². The number of nitrogens with zero attached hydrogens (tertiary/aromatic N) is 6. The van der Waals surface area contributed by atoms with Crippen LogP contribution in [0.25, 0.3) is 0 Å². The molecule has 4 heterocycles. The maximum atomic E-state index is 12.9. The summed E-state index contributed by atoms with van der Waals surface area (Å²) in [5.74, 6) is 2.77. The molecule has 9 nitrogen and oxygen atoms in total. The van der Waals surface area contributed by atoms with Crippen molar-refractivity contribution < 1.29 is 9.53 Å². The van der Waals surface area contributed by atoms with Gasteiger partial charge < -0.3 is 19.9 Å². The molecule has 2 fully saturated rings. The maximum absolute atomic E-state index is 12.9. The third-order valence-corrected chi connectivity index (χ3v) is 6.26. The lowest BCUT2D eigenvalue weighted by atomic mass is 10.2. The fourth-order valence-electron chi connectivity index (χ4n) is 4.38. The van der Waals surface area contributed by atoms with Gasteiger partial charge in [0.25, 0.3) is 5.91 Å². The minimum Gasteiger partial charge on any atom is -0.474 e. The van der Waals surface area contributed by atoms with Crippen LogP contribution in [0.3, 0.4) is 0 Å². The summed E-state index contributed by atoms with van der Waals surface area (Å²) in [4.78, 5) is 25.7. The number of rotatable bonds is 6. The molecule has 1 saturated carbocycles. The molecule has 1 saturated heterocycles. The molecule has 0 spiro atoms. The van der Waals surface area contributed by atoms with E-state index < -0.39 is 0 Å². The summed E-state index contributed by atoms with van der Waals surface area (Å²) < 4.78 is 5.90. The molecule has 34 heavy (non-hydrogen) atoms. The molecule has 1 aliphatic heterocycles. The molecule has 0 unspecified atom stereocenters. The average Bonchev–Trinajstić information content (AvgIpc) is 3.38. The number of ether oxygens (including phenoxy) is 1. The largest absolute Gasteiger partial charge is 0.474 e. The number of aryl methyl sites for hydroxylation is 1. The lowest BCUT2D eigenvalue weighted by Gasteiger charge is -2.35. The van der Waals surface area contributed by atoms with E-state index in [1.54, 1.807) is 12.3 Å². The second kappa shape index (κ2) is 10.0. The second-order valence-corrected chi connectivity index (χ2v) is 8.75. The molecule has 3 aromatic heterocycles. The highest BCUT2D eigenvalue weighted by Gasteiger charge is 2.24. The first-order chi connectivity index (χ1) is 16.6. The van der Waals surface area contributed by atoms with E-state index in [-0.39, 0.29) is 12.0 Å². The number of hydrogen-bond donors (Lipinski definition) is 1. The summed E-state index contributed by atoms with van der Waals surface area (Å²) in [6, 6.07) is 13.2. The number of amides is 1. The van der Waals surface area contributed by atoms with Gasteiger partial charge in [0.1, 0.15) is 11.9 Å². The quantitative estimate of drug-likeness (QED) is 0.597. The molecule has 0 radical (unpaired) electrons. The van der Waals surface area contributed by atoms with Gasteiger partial charge in [-0.2, -0.15) is 0 Å². The molecule has 3 aromatic rings. The van der Waals surface area contributed by atoms with E-state index in [1.807, 2.05) is 48.2 Å². The van der Waals surface area contributed by atoms with Crippen LogP contribution in [0.4, 0.5) is 17.5 Å². The first kappa shape index (κ1) is 22.1. The number of pyridine rings is 2. The van der Waals surface area contributed by atoms with Crippen molar-refractivity contribution in [2.45, 2.75) is 38.7 Å². The molecular formula is C25H29N7O2. The fraction of sp³-hybridized carbons (Fsp3) is 0.400. The van der Waals surface area contributed by atoms with Gasteiger partial charge in [-0.1, -0.05) is 6.07 Å². The highest BCUT2D eigenvalue weighted by molar-refractivity contribution is 5.94. The van der Waals surface area contributed by atoms with Gasteiger partial charge in [0.05, 0.1) is 5.56 Å². The smallest absolute Gasteiger partial charge is 0.255 e. The first-order valence-corrected chi connectivity index (χ1v) is 11.9. The molecule has 5 rings (SSSR count). The molecule has 0 bridgehead atoms. The average molecular weight is 460 g/mol. The third-order valence-electron chi connectivity index (χ3n) is 6.26. The lowest BCUT2D eigenvalue weighted by Crippen LogP contribution is -2.49. The number of carbonyl (C=O) groups is 1.